The van der Waals surface area contributed by atoms with Crippen LogP contribution in [0.1, 0.15) is 0 Å². The number of rotatable bonds is 6. The Labute approximate surface area is 390 Å². The molecule has 5 aromatic heterocycles. The lowest BCUT2D eigenvalue weighted by Crippen LogP contribution is -2.10. The number of anilines is 6. The fourth-order valence-corrected chi connectivity index (χ4v) is 12.5. The third kappa shape index (κ3) is 5.59. The van der Waals surface area contributed by atoms with Gasteiger partial charge in [-0.15, -0.1) is 22.7 Å². The van der Waals surface area contributed by atoms with Crippen molar-refractivity contribution in [3.05, 3.63) is 206 Å². The Balaban J connectivity index is 0.944. The Hall–Kier alpha value is -8.36. The van der Waals surface area contributed by atoms with E-state index in [1.54, 1.807) is 0 Å². The van der Waals surface area contributed by atoms with Crippen molar-refractivity contribution >= 4 is 163 Å². The Kier molecular flexibility index (Phi) is 7.75. The average Bonchev–Trinajstić information content (AvgIpc) is 4.20. The van der Waals surface area contributed by atoms with Crippen LogP contribution in [0.25, 0.3) is 106 Å². The van der Waals surface area contributed by atoms with Gasteiger partial charge in [-0.05, 0) is 121 Å². The highest BCUT2D eigenvalue weighted by atomic mass is 32.1. The number of benzene rings is 10. The van der Waals surface area contributed by atoms with Crippen molar-refractivity contribution in [2.24, 2.45) is 0 Å². The predicted octanol–water partition coefficient (Wildman–Crippen LogP) is 19.1. The van der Waals surface area contributed by atoms with Gasteiger partial charge < -0.3 is 23.1 Å². The summed E-state index contributed by atoms with van der Waals surface area (Å²) in [6.07, 6.45) is 0. The zero-order valence-corrected chi connectivity index (χ0v) is 37.2. The second kappa shape index (κ2) is 14.1. The molecule has 0 bridgehead atoms. The van der Waals surface area contributed by atoms with Crippen molar-refractivity contribution in [2.75, 3.05) is 9.80 Å². The van der Waals surface area contributed by atoms with Crippen molar-refractivity contribution in [1.82, 2.24) is 0 Å². The first kappa shape index (κ1) is 36.9. The minimum absolute atomic E-state index is 0.811. The molecule has 0 amide bonds. The lowest BCUT2D eigenvalue weighted by atomic mass is 10.1. The van der Waals surface area contributed by atoms with Crippen LogP contribution in [-0.4, -0.2) is 0 Å². The number of para-hydroxylation sites is 3. The quantitative estimate of drug-likeness (QED) is 0.166. The van der Waals surface area contributed by atoms with Crippen LogP contribution in [0.4, 0.5) is 34.1 Å². The zero-order chi connectivity index (χ0) is 43.7. The van der Waals surface area contributed by atoms with Crippen molar-refractivity contribution in [3.63, 3.8) is 0 Å². The minimum Gasteiger partial charge on any atom is -0.456 e. The van der Waals surface area contributed by atoms with Gasteiger partial charge in [0.25, 0.3) is 0 Å². The summed E-state index contributed by atoms with van der Waals surface area (Å²) in [5.41, 5.74) is 11.2. The fourth-order valence-electron chi connectivity index (χ4n) is 10.4. The Morgan fingerprint density at radius 3 is 1.16 bits per heavy atom. The highest BCUT2D eigenvalue weighted by Gasteiger charge is 2.24. The second-order valence-corrected chi connectivity index (χ2v) is 19.4. The molecule has 0 aliphatic rings. The first-order valence-corrected chi connectivity index (χ1v) is 24.0. The van der Waals surface area contributed by atoms with E-state index >= 15 is 0 Å². The second-order valence-electron chi connectivity index (χ2n) is 17.2. The molecular weight excluding hydrogens is 861 g/mol. The molecule has 67 heavy (non-hydrogen) atoms. The molecule has 5 heterocycles. The first-order valence-electron chi connectivity index (χ1n) is 22.4. The molecule has 0 fully saturated rings. The minimum atomic E-state index is 0.811. The molecule has 0 atom stereocenters. The van der Waals surface area contributed by atoms with E-state index in [1.165, 1.54) is 40.3 Å². The lowest BCUT2D eigenvalue weighted by molar-refractivity contribution is 0.668. The Bertz CT molecular complexity index is 4280. The molecule has 0 aliphatic heterocycles. The maximum atomic E-state index is 7.04. The summed E-state index contributed by atoms with van der Waals surface area (Å²) in [4.78, 5) is 4.71. The maximum absolute atomic E-state index is 7.04. The van der Waals surface area contributed by atoms with Gasteiger partial charge in [0.05, 0.1) is 5.69 Å². The van der Waals surface area contributed by atoms with Gasteiger partial charge in [-0.3, -0.25) is 0 Å². The lowest BCUT2D eigenvalue weighted by Gasteiger charge is -2.26. The van der Waals surface area contributed by atoms with Gasteiger partial charge in [-0.25, -0.2) is 0 Å². The molecule has 0 saturated carbocycles. The van der Waals surface area contributed by atoms with Crippen LogP contribution in [-0.2, 0) is 0 Å². The molecule has 5 nitrogen and oxygen atoms in total. The molecule has 0 saturated heterocycles. The molecule has 15 aromatic rings. The number of hydrogen-bond donors (Lipinski definition) is 0. The van der Waals surface area contributed by atoms with Gasteiger partial charge in [0.15, 0.2) is 5.58 Å². The third-order valence-corrected chi connectivity index (χ3v) is 15.7. The van der Waals surface area contributed by atoms with E-state index in [0.717, 1.165) is 99.9 Å². The van der Waals surface area contributed by atoms with Crippen LogP contribution in [0.2, 0.25) is 0 Å². The molecule has 0 unspecified atom stereocenters. The molecule has 15 rings (SSSR count). The van der Waals surface area contributed by atoms with Gasteiger partial charge in [-0.2, -0.15) is 0 Å². The van der Waals surface area contributed by atoms with E-state index in [9.17, 15) is 0 Å². The van der Waals surface area contributed by atoms with Crippen molar-refractivity contribution in [2.45, 2.75) is 0 Å². The standard InChI is InChI=1S/C60H34N2O3S2/c1-5-16-51-40(10-1)45-30-35(20-25-53(45)63-51)61(37-23-28-58-48(33-37)42-12-3-7-18-56(42)66-58)36-21-27-55-47(31-36)44-14-9-15-50(60(44)65-55)62(38-22-26-54-46(32-38)41-11-2-6-17-52(41)64-54)39-24-29-59-49(34-39)43-13-4-8-19-57(43)67-59/h1-34H. The summed E-state index contributed by atoms with van der Waals surface area (Å²) in [7, 11) is 0. The van der Waals surface area contributed by atoms with E-state index in [0.29, 0.717) is 0 Å². The van der Waals surface area contributed by atoms with Crippen LogP contribution in [0, 0.1) is 0 Å². The van der Waals surface area contributed by atoms with Crippen LogP contribution >= 0.6 is 22.7 Å². The summed E-state index contributed by atoms with van der Waals surface area (Å²) >= 11 is 3.66. The van der Waals surface area contributed by atoms with Gasteiger partial charge >= 0.3 is 0 Å². The maximum Gasteiger partial charge on any atom is 0.159 e. The SMILES string of the molecule is c1ccc2c(c1)oc1ccc(N(c3ccc4oc5c(N(c6ccc7oc8ccccc8c7c6)c6ccc7sc8ccccc8c7c6)cccc5c4c3)c3ccc4sc5ccccc5c4c3)cc12. The van der Waals surface area contributed by atoms with E-state index in [2.05, 4.69) is 192 Å². The van der Waals surface area contributed by atoms with E-state index in [4.69, 9.17) is 13.3 Å². The van der Waals surface area contributed by atoms with E-state index in [1.807, 2.05) is 46.9 Å². The summed E-state index contributed by atoms with van der Waals surface area (Å²) in [5.74, 6) is 0. The Morgan fingerprint density at radius 2 is 0.627 bits per heavy atom. The van der Waals surface area contributed by atoms with Gasteiger partial charge in [0, 0.05) is 101 Å². The van der Waals surface area contributed by atoms with E-state index in [-0.39, 0.29) is 0 Å². The zero-order valence-electron chi connectivity index (χ0n) is 35.6. The number of thiophene rings is 2. The van der Waals surface area contributed by atoms with Crippen LogP contribution in [0.5, 0.6) is 0 Å². The van der Waals surface area contributed by atoms with Crippen LogP contribution in [0.3, 0.4) is 0 Å². The summed E-state index contributed by atoms with van der Waals surface area (Å²) < 4.78 is 24.8. The number of hydrogen-bond acceptors (Lipinski definition) is 7. The number of fused-ring (bicyclic) bond motifs is 15. The normalized spacial score (nSPS) is 12.2. The average molecular weight is 895 g/mol. The van der Waals surface area contributed by atoms with Crippen molar-refractivity contribution < 1.29 is 13.3 Å². The monoisotopic (exact) mass is 894 g/mol. The highest BCUT2D eigenvalue weighted by Crippen LogP contribution is 2.48. The molecule has 7 heteroatoms. The van der Waals surface area contributed by atoms with E-state index < -0.39 is 0 Å². The van der Waals surface area contributed by atoms with Crippen LogP contribution in [0.15, 0.2) is 220 Å². The number of furan rings is 3. The smallest absolute Gasteiger partial charge is 0.159 e. The molecular formula is C60H34N2O3S2. The van der Waals surface area contributed by atoms with Gasteiger partial charge in [-0.1, -0.05) is 84.9 Å². The Morgan fingerprint density at radius 1 is 0.254 bits per heavy atom. The highest BCUT2D eigenvalue weighted by molar-refractivity contribution is 7.26. The molecule has 0 aliphatic carbocycles. The largest absolute Gasteiger partial charge is 0.456 e. The van der Waals surface area contributed by atoms with Gasteiger partial charge in [0.2, 0.25) is 0 Å². The molecule has 314 valence electrons. The third-order valence-electron chi connectivity index (χ3n) is 13.4. The fraction of sp³-hybridized carbons (Fsp3) is 0. The van der Waals surface area contributed by atoms with Crippen LogP contribution < -0.4 is 9.80 Å². The summed E-state index contributed by atoms with van der Waals surface area (Å²) in [5, 5.41) is 11.4. The molecule has 0 spiro atoms. The summed E-state index contributed by atoms with van der Waals surface area (Å²) in [6, 6.07) is 73.7. The molecule has 10 aromatic carbocycles. The first-order chi connectivity index (χ1) is 33.2. The van der Waals surface area contributed by atoms with Crippen molar-refractivity contribution in [3.8, 4) is 0 Å². The van der Waals surface area contributed by atoms with Gasteiger partial charge in [0.1, 0.15) is 27.9 Å². The molecule has 0 N–H and O–H groups in total. The topological polar surface area (TPSA) is 45.9 Å². The molecule has 0 radical (unpaired) electrons. The predicted molar refractivity (Wildman–Crippen MR) is 283 cm³/mol. The van der Waals surface area contributed by atoms with Crippen molar-refractivity contribution in [1.29, 1.82) is 0 Å². The number of nitrogens with zero attached hydrogens (tertiary/aromatic N) is 2. The summed E-state index contributed by atoms with van der Waals surface area (Å²) in [6.45, 7) is 0.